The van der Waals surface area contributed by atoms with E-state index in [-0.39, 0.29) is 5.13 Å². The first-order valence-corrected chi connectivity index (χ1v) is 9.44. The molecule has 3 rings (SSSR count). The van der Waals surface area contributed by atoms with Crippen molar-refractivity contribution < 1.29 is 22.6 Å². The fourth-order valence-corrected chi connectivity index (χ4v) is 3.99. The zero-order valence-electron chi connectivity index (χ0n) is 12.7. The fourth-order valence-electron chi connectivity index (χ4n) is 2.03. The van der Waals surface area contributed by atoms with E-state index in [0.29, 0.717) is 39.8 Å². The van der Waals surface area contributed by atoms with Gasteiger partial charge >= 0.3 is 6.18 Å². The number of hydrogen-bond acceptors (Lipinski definition) is 7. The van der Waals surface area contributed by atoms with Crippen LogP contribution >= 0.6 is 34.7 Å². The lowest BCUT2D eigenvalue weighted by molar-refractivity contribution is -0.115. The van der Waals surface area contributed by atoms with E-state index in [4.69, 9.17) is 21.1 Å². The molecule has 0 atom stereocenters. The van der Waals surface area contributed by atoms with Crippen molar-refractivity contribution in [3.63, 3.8) is 0 Å². The van der Waals surface area contributed by atoms with E-state index in [1.165, 1.54) is 11.8 Å². The summed E-state index contributed by atoms with van der Waals surface area (Å²) in [5.74, 6) is 1.68. The highest BCUT2D eigenvalue weighted by Gasteiger charge is 2.27. The highest BCUT2D eigenvalue weighted by atomic mass is 35.5. The molecular weight excluding hydrogens is 399 g/mol. The summed E-state index contributed by atoms with van der Waals surface area (Å²) in [5, 5.41) is 10.4. The monoisotopic (exact) mass is 411 g/mol. The van der Waals surface area contributed by atoms with E-state index in [2.05, 4.69) is 15.5 Å². The maximum absolute atomic E-state index is 12.2. The molecule has 25 heavy (non-hydrogen) atoms. The molecule has 1 aliphatic rings. The van der Waals surface area contributed by atoms with Crippen molar-refractivity contribution in [1.29, 1.82) is 0 Å². The second-order valence-electron chi connectivity index (χ2n) is 5.09. The Balaban J connectivity index is 1.61. The molecule has 5 nitrogen and oxygen atoms in total. The summed E-state index contributed by atoms with van der Waals surface area (Å²) in [6.45, 7) is -0.0199. The van der Waals surface area contributed by atoms with Gasteiger partial charge in [-0.15, -0.1) is 10.2 Å². The number of ether oxygens (including phenoxy) is 2. The third kappa shape index (κ3) is 5.29. The molecule has 1 aromatic carbocycles. The van der Waals surface area contributed by atoms with Gasteiger partial charge in [0.05, 0.1) is 18.2 Å². The third-order valence-electron chi connectivity index (χ3n) is 3.07. The Hall–Kier alpha value is -1.39. The lowest BCUT2D eigenvalue weighted by Crippen LogP contribution is -2.21. The van der Waals surface area contributed by atoms with E-state index in [9.17, 15) is 13.2 Å². The van der Waals surface area contributed by atoms with Crippen LogP contribution in [0.2, 0.25) is 5.02 Å². The van der Waals surface area contributed by atoms with E-state index >= 15 is 0 Å². The number of benzene rings is 1. The molecule has 0 bridgehead atoms. The molecule has 2 heterocycles. The van der Waals surface area contributed by atoms with Gasteiger partial charge in [-0.3, -0.25) is 0 Å². The number of halogens is 4. The standard InChI is InChI=1S/C14H13ClF3N3O2S2/c15-9-4-8(5-10-11(9)23-3-1-2-22-10)6-24-13-21-20-12(25-13)19-7-14(16,17)18/h4-5H,1-3,6-7H2,(H,19,20). The van der Waals surface area contributed by atoms with Crippen molar-refractivity contribution in [2.45, 2.75) is 22.7 Å². The zero-order chi connectivity index (χ0) is 17.9. The Morgan fingerprint density at radius 1 is 1.24 bits per heavy atom. The Morgan fingerprint density at radius 3 is 2.84 bits per heavy atom. The van der Waals surface area contributed by atoms with Crippen LogP contribution in [-0.4, -0.2) is 36.1 Å². The number of hydrogen-bond donors (Lipinski definition) is 1. The Kier molecular flexibility index (Phi) is 5.80. The van der Waals surface area contributed by atoms with Gasteiger partial charge in [0.1, 0.15) is 6.54 Å². The van der Waals surface area contributed by atoms with E-state index in [0.717, 1.165) is 23.3 Å². The highest BCUT2D eigenvalue weighted by Crippen LogP contribution is 2.39. The SMILES string of the molecule is FC(F)(F)CNc1nnc(SCc2cc(Cl)c3c(c2)OCCCO3)s1. The maximum Gasteiger partial charge on any atom is 0.405 e. The van der Waals surface area contributed by atoms with Gasteiger partial charge in [-0.1, -0.05) is 34.7 Å². The first-order valence-electron chi connectivity index (χ1n) is 7.26. The van der Waals surface area contributed by atoms with Gasteiger partial charge in [-0.2, -0.15) is 13.2 Å². The maximum atomic E-state index is 12.2. The van der Waals surface area contributed by atoms with E-state index in [1.807, 2.05) is 6.07 Å². The molecule has 0 amide bonds. The van der Waals surface area contributed by atoms with Crippen molar-refractivity contribution in [3.8, 4) is 11.5 Å². The summed E-state index contributed by atoms with van der Waals surface area (Å²) in [6, 6.07) is 3.63. The number of nitrogens with zero attached hydrogens (tertiary/aromatic N) is 2. The van der Waals surface area contributed by atoms with Crippen LogP contribution in [0.3, 0.4) is 0 Å². The van der Waals surface area contributed by atoms with Crippen molar-refractivity contribution in [2.75, 3.05) is 25.1 Å². The third-order valence-corrected chi connectivity index (χ3v) is 5.44. The van der Waals surface area contributed by atoms with E-state index < -0.39 is 12.7 Å². The van der Waals surface area contributed by atoms with Crippen molar-refractivity contribution in [1.82, 2.24) is 10.2 Å². The van der Waals surface area contributed by atoms with Gasteiger partial charge in [0.2, 0.25) is 5.13 Å². The average molecular weight is 412 g/mol. The van der Waals surface area contributed by atoms with Gasteiger partial charge in [0.15, 0.2) is 15.8 Å². The first-order chi connectivity index (χ1) is 11.9. The Labute approximate surface area is 154 Å². The number of alkyl halides is 3. The van der Waals surface area contributed by atoms with Crippen LogP contribution in [0.4, 0.5) is 18.3 Å². The number of anilines is 1. The predicted molar refractivity (Wildman–Crippen MR) is 91.1 cm³/mol. The normalized spacial score (nSPS) is 14.2. The molecule has 2 aromatic rings. The molecule has 0 aliphatic carbocycles. The molecular formula is C14H13ClF3N3O2S2. The smallest absolute Gasteiger partial charge is 0.405 e. The molecule has 0 unspecified atom stereocenters. The Morgan fingerprint density at radius 2 is 2.04 bits per heavy atom. The largest absolute Gasteiger partial charge is 0.489 e. The molecule has 0 saturated carbocycles. The molecule has 136 valence electrons. The summed E-state index contributed by atoms with van der Waals surface area (Å²) in [5.41, 5.74) is 0.902. The van der Waals surface area contributed by atoms with Crippen LogP contribution in [0, 0.1) is 0 Å². The number of aromatic nitrogens is 2. The number of rotatable bonds is 5. The number of fused-ring (bicyclic) bond motifs is 1. The van der Waals surface area contributed by atoms with Crippen LogP contribution in [-0.2, 0) is 5.75 Å². The summed E-state index contributed by atoms with van der Waals surface area (Å²) < 4.78 is 48.3. The van der Waals surface area contributed by atoms with Crippen LogP contribution < -0.4 is 14.8 Å². The molecule has 0 fully saturated rings. The minimum Gasteiger partial charge on any atom is -0.489 e. The van der Waals surface area contributed by atoms with Crippen LogP contribution in [0.1, 0.15) is 12.0 Å². The first kappa shape index (κ1) is 18.4. The minimum absolute atomic E-state index is 0.136. The second kappa shape index (κ2) is 7.88. The molecule has 0 spiro atoms. The average Bonchev–Trinajstić information content (AvgIpc) is 2.86. The molecule has 0 saturated heterocycles. The van der Waals surface area contributed by atoms with Crippen molar-refractivity contribution in [3.05, 3.63) is 22.7 Å². The minimum atomic E-state index is -4.29. The highest BCUT2D eigenvalue weighted by molar-refractivity contribution is 8.00. The summed E-state index contributed by atoms with van der Waals surface area (Å²) in [4.78, 5) is 0. The molecule has 11 heteroatoms. The lowest BCUT2D eigenvalue weighted by Gasteiger charge is -2.11. The second-order valence-corrected chi connectivity index (χ2v) is 7.69. The van der Waals surface area contributed by atoms with Gasteiger partial charge in [-0.05, 0) is 17.7 Å². The van der Waals surface area contributed by atoms with Gasteiger partial charge in [0, 0.05) is 12.2 Å². The molecule has 1 aromatic heterocycles. The van der Waals surface area contributed by atoms with Crippen LogP contribution in [0.25, 0.3) is 0 Å². The predicted octanol–water partition coefficient (Wildman–Crippen LogP) is 4.62. The van der Waals surface area contributed by atoms with Gasteiger partial charge < -0.3 is 14.8 Å². The fraction of sp³-hybridized carbons (Fsp3) is 0.429. The summed E-state index contributed by atoms with van der Waals surface area (Å²) >= 11 is 8.66. The quantitative estimate of drug-likeness (QED) is 0.724. The van der Waals surface area contributed by atoms with Gasteiger partial charge in [0.25, 0.3) is 0 Å². The number of thioether (sulfide) groups is 1. The van der Waals surface area contributed by atoms with Crippen molar-refractivity contribution >= 4 is 39.8 Å². The number of nitrogens with one attached hydrogen (secondary N) is 1. The molecule has 0 radical (unpaired) electrons. The lowest BCUT2D eigenvalue weighted by atomic mass is 10.2. The van der Waals surface area contributed by atoms with Gasteiger partial charge in [-0.25, -0.2) is 0 Å². The van der Waals surface area contributed by atoms with Crippen LogP contribution in [0.15, 0.2) is 16.5 Å². The molecule has 1 aliphatic heterocycles. The molecule has 1 N–H and O–H groups in total. The zero-order valence-corrected chi connectivity index (χ0v) is 15.1. The van der Waals surface area contributed by atoms with Crippen molar-refractivity contribution in [2.24, 2.45) is 0 Å². The van der Waals surface area contributed by atoms with E-state index in [1.54, 1.807) is 6.07 Å². The van der Waals surface area contributed by atoms with Crippen LogP contribution in [0.5, 0.6) is 11.5 Å². The summed E-state index contributed by atoms with van der Waals surface area (Å²) in [6.07, 6.45) is -3.51. The topological polar surface area (TPSA) is 56.3 Å². The summed E-state index contributed by atoms with van der Waals surface area (Å²) in [7, 11) is 0. The Bertz CT molecular complexity index is 743.